The SMILES string of the molecule is CN(C)c1ncc(CNc2ccc([N+](=O)[O-])cc2Cl)n1C. The van der Waals surface area contributed by atoms with Crippen LogP contribution in [-0.2, 0) is 13.6 Å². The van der Waals surface area contributed by atoms with Gasteiger partial charge < -0.3 is 14.8 Å². The van der Waals surface area contributed by atoms with Gasteiger partial charge in [-0.1, -0.05) is 11.6 Å². The van der Waals surface area contributed by atoms with E-state index in [0.29, 0.717) is 17.3 Å². The number of nitrogens with one attached hydrogen (secondary N) is 1. The molecule has 1 aromatic heterocycles. The molecule has 0 radical (unpaired) electrons. The van der Waals surface area contributed by atoms with Crippen LogP contribution >= 0.6 is 11.6 Å². The number of anilines is 2. The Hall–Kier alpha value is -2.28. The van der Waals surface area contributed by atoms with Crippen LogP contribution in [0, 0.1) is 10.1 Å². The van der Waals surface area contributed by atoms with Gasteiger partial charge in [0.1, 0.15) is 0 Å². The van der Waals surface area contributed by atoms with Crippen molar-refractivity contribution in [3.63, 3.8) is 0 Å². The number of non-ortho nitro benzene ring substituents is 1. The molecule has 1 heterocycles. The molecule has 0 aliphatic carbocycles. The Morgan fingerprint density at radius 2 is 2.19 bits per heavy atom. The van der Waals surface area contributed by atoms with Gasteiger partial charge in [-0.15, -0.1) is 0 Å². The van der Waals surface area contributed by atoms with Gasteiger partial charge in [-0.2, -0.15) is 0 Å². The summed E-state index contributed by atoms with van der Waals surface area (Å²) in [6.45, 7) is 0.523. The monoisotopic (exact) mass is 309 g/mol. The summed E-state index contributed by atoms with van der Waals surface area (Å²) in [7, 11) is 5.77. The van der Waals surface area contributed by atoms with Crippen LogP contribution in [0.3, 0.4) is 0 Å². The van der Waals surface area contributed by atoms with Crippen molar-refractivity contribution in [3.05, 3.63) is 45.2 Å². The number of aromatic nitrogens is 2. The Labute approximate surface area is 127 Å². The number of benzene rings is 1. The number of nitrogens with zero attached hydrogens (tertiary/aromatic N) is 4. The summed E-state index contributed by atoms with van der Waals surface area (Å²) in [5, 5.41) is 14.1. The first-order valence-electron chi connectivity index (χ1n) is 6.26. The van der Waals surface area contributed by atoms with E-state index in [9.17, 15) is 10.1 Å². The summed E-state index contributed by atoms with van der Waals surface area (Å²) in [5.74, 6) is 0.849. The lowest BCUT2D eigenvalue weighted by molar-refractivity contribution is -0.384. The van der Waals surface area contributed by atoms with E-state index in [0.717, 1.165) is 11.6 Å². The smallest absolute Gasteiger partial charge is 0.271 e. The highest BCUT2D eigenvalue weighted by atomic mass is 35.5. The van der Waals surface area contributed by atoms with Gasteiger partial charge in [0.15, 0.2) is 0 Å². The van der Waals surface area contributed by atoms with Crippen LogP contribution in [0.25, 0.3) is 0 Å². The molecule has 7 nitrogen and oxygen atoms in total. The fourth-order valence-electron chi connectivity index (χ4n) is 1.96. The molecule has 2 rings (SSSR count). The van der Waals surface area contributed by atoms with Crippen molar-refractivity contribution in [2.45, 2.75) is 6.54 Å². The molecule has 0 amide bonds. The second-order valence-corrected chi connectivity index (χ2v) is 5.18. The third kappa shape index (κ3) is 3.25. The second kappa shape index (κ2) is 6.01. The first kappa shape index (κ1) is 15.1. The number of nitro groups is 1. The number of rotatable bonds is 5. The van der Waals surface area contributed by atoms with Crippen molar-refractivity contribution in [1.82, 2.24) is 9.55 Å². The molecular weight excluding hydrogens is 294 g/mol. The van der Waals surface area contributed by atoms with E-state index >= 15 is 0 Å². The van der Waals surface area contributed by atoms with Crippen LogP contribution in [0.5, 0.6) is 0 Å². The summed E-state index contributed by atoms with van der Waals surface area (Å²) in [4.78, 5) is 16.4. The van der Waals surface area contributed by atoms with E-state index in [4.69, 9.17) is 11.6 Å². The Bertz CT molecular complexity index is 669. The van der Waals surface area contributed by atoms with Gasteiger partial charge >= 0.3 is 0 Å². The number of hydrogen-bond donors (Lipinski definition) is 1. The van der Waals surface area contributed by atoms with Crippen molar-refractivity contribution in [1.29, 1.82) is 0 Å². The van der Waals surface area contributed by atoms with E-state index in [2.05, 4.69) is 10.3 Å². The minimum absolute atomic E-state index is 0.0269. The van der Waals surface area contributed by atoms with Gasteiger partial charge in [0.2, 0.25) is 5.95 Å². The lowest BCUT2D eigenvalue weighted by Gasteiger charge is -2.13. The molecule has 0 fully saturated rings. The summed E-state index contributed by atoms with van der Waals surface area (Å²) in [5.41, 5.74) is 1.60. The Kier molecular flexibility index (Phi) is 4.32. The number of imidazole rings is 1. The summed E-state index contributed by atoms with van der Waals surface area (Å²) >= 11 is 6.04. The number of hydrogen-bond acceptors (Lipinski definition) is 5. The minimum atomic E-state index is -0.472. The first-order valence-corrected chi connectivity index (χ1v) is 6.63. The highest BCUT2D eigenvalue weighted by Crippen LogP contribution is 2.27. The van der Waals surface area contributed by atoms with Crippen LogP contribution in [0.4, 0.5) is 17.3 Å². The van der Waals surface area contributed by atoms with Crippen LogP contribution in [0.15, 0.2) is 24.4 Å². The molecule has 8 heteroatoms. The van der Waals surface area contributed by atoms with Crippen molar-refractivity contribution >= 4 is 28.9 Å². The molecule has 21 heavy (non-hydrogen) atoms. The lowest BCUT2D eigenvalue weighted by atomic mass is 10.2. The second-order valence-electron chi connectivity index (χ2n) is 4.78. The zero-order valence-electron chi connectivity index (χ0n) is 12.0. The molecule has 0 unspecified atom stereocenters. The zero-order chi connectivity index (χ0) is 15.6. The number of halogens is 1. The third-order valence-corrected chi connectivity index (χ3v) is 3.40. The number of nitro benzene ring substituents is 1. The van der Waals surface area contributed by atoms with Crippen molar-refractivity contribution < 1.29 is 4.92 Å². The van der Waals surface area contributed by atoms with E-state index in [1.165, 1.54) is 12.1 Å². The van der Waals surface area contributed by atoms with Crippen molar-refractivity contribution in [3.8, 4) is 0 Å². The van der Waals surface area contributed by atoms with Gasteiger partial charge in [-0.25, -0.2) is 4.98 Å². The predicted molar refractivity (Wildman–Crippen MR) is 83.0 cm³/mol. The predicted octanol–water partition coefficient (Wildman–Crippen LogP) is 2.66. The van der Waals surface area contributed by atoms with E-state index in [-0.39, 0.29) is 5.69 Å². The normalized spacial score (nSPS) is 10.5. The molecule has 0 aliphatic heterocycles. The fourth-order valence-corrected chi connectivity index (χ4v) is 2.20. The molecule has 0 saturated carbocycles. The summed E-state index contributed by atoms with van der Waals surface area (Å²) in [6.07, 6.45) is 1.78. The highest BCUT2D eigenvalue weighted by Gasteiger charge is 2.11. The topological polar surface area (TPSA) is 76.2 Å². The highest BCUT2D eigenvalue weighted by molar-refractivity contribution is 6.33. The van der Waals surface area contributed by atoms with Gasteiger partial charge in [0.05, 0.1) is 34.1 Å². The molecule has 112 valence electrons. The van der Waals surface area contributed by atoms with E-state index in [1.807, 2.05) is 30.6 Å². The molecule has 1 N–H and O–H groups in total. The Morgan fingerprint density at radius 1 is 1.48 bits per heavy atom. The van der Waals surface area contributed by atoms with Gasteiger partial charge in [-0.05, 0) is 6.07 Å². The van der Waals surface area contributed by atoms with Crippen LogP contribution in [0.1, 0.15) is 5.69 Å². The third-order valence-electron chi connectivity index (χ3n) is 3.08. The van der Waals surface area contributed by atoms with E-state index < -0.39 is 4.92 Å². The molecule has 0 spiro atoms. The fraction of sp³-hybridized carbons (Fsp3) is 0.308. The maximum Gasteiger partial charge on any atom is 0.271 e. The molecular formula is C13H16ClN5O2. The van der Waals surface area contributed by atoms with E-state index in [1.54, 1.807) is 12.3 Å². The maximum atomic E-state index is 10.7. The van der Waals surface area contributed by atoms with Gasteiger partial charge in [-0.3, -0.25) is 10.1 Å². The lowest BCUT2D eigenvalue weighted by Crippen LogP contribution is -2.15. The summed E-state index contributed by atoms with van der Waals surface area (Å²) in [6, 6.07) is 4.35. The molecule has 1 aromatic carbocycles. The van der Waals surface area contributed by atoms with Crippen LogP contribution in [0.2, 0.25) is 5.02 Å². The van der Waals surface area contributed by atoms with Crippen molar-refractivity contribution in [2.24, 2.45) is 7.05 Å². The molecule has 0 bridgehead atoms. The van der Waals surface area contributed by atoms with Crippen LogP contribution < -0.4 is 10.2 Å². The zero-order valence-corrected chi connectivity index (χ0v) is 12.8. The van der Waals surface area contributed by atoms with Crippen LogP contribution in [-0.4, -0.2) is 28.6 Å². The average Bonchev–Trinajstić information content (AvgIpc) is 2.78. The van der Waals surface area contributed by atoms with Gasteiger partial charge in [0.25, 0.3) is 5.69 Å². The maximum absolute atomic E-state index is 10.7. The first-order chi connectivity index (χ1) is 9.90. The summed E-state index contributed by atoms with van der Waals surface area (Å²) < 4.78 is 1.96. The molecule has 0 atom stereocenters. The molecule has 0 aliphatic rings. The standard InChI is InChI=1S/C13H16ClN5O2/c1-17(2)13-16-8-10(18(13)3)7-15-12-5-4-9(19(20)21)6-11(12)14/h4-6,8,15H,7H2,1-3H3. The van der Waals surface area contributed by atoms with Crippen molar-refractivity contribution in [2.75, 3.05) is 24.3 Å². The average molecular weight is 310 g/mol. The Morgan fingerprint density at radius 3 is 2.71 bits per heavy atom. The Balaban J connectivity index is 2.12. The quantitative estimate of drug-likeness (QED) is 0.679. The largest absolute Gasteiger partial charge is 0.378 e. The minimum Gasteiger partial charge on any atom is -0.378 e. The van der Waals surface area contributed by atoms with Gasteiger partial charge in [0, 0.05) is 33.3 Å². The molecule has 2 aromatic rings. The molecule has 0 saturated heterocycles.